The van der Waals surface area contributed by atoms with Gasteiger partial charge in [-0.15, -0.1) is 22.7 Å². The molecule has 1 aliphatic carbocycles. The molecule has 0 saturated heterocycles. The van der Waals surface area contributed by atoms with Crippen molar-refractivity contribution in [3.05, 3.63) is 187 Å². The fourth-order valence-corrected chi connectivity index (χ4v) is 11.3. The second-order valence-electron chi connectivity index (χ2n) is 14.9. The Hall–Kier alpha value is -6.60. The van der Waals surface area contributed by atoms with Crippen LogP contribution in [-0.2, 0) is 0 Å². The molecule has 10 aromatic rings. The Morgan fingerprint density at radius 3 is 2.19 bits per heavy atom. The molecule has 1 N–H and O–H groups in total. The molecule has 57 heavy (non-hydrogen) atoms. The van der Waals surface area contributed by atoms with Crippen LogP contribution < -0.4 is 5.32 Å². The summed E-state index contributed by atoms with van der Waals surface area (Å²) in [7, 11) is 0. The third kappa shape index (κ3) is 5.25. The highest BCUT2D eigenvalue weighted by Gasteiger charge is 2.26. The van der Waals surface area contributed by atoms with E-state index in [-0.39, 0.29) is 12.1 Å². The number of aliphatic imine (C=N–C) groups is 2. The molecule has 4 heterocycles. The third-order valence-electron chi connectivity index (χ3n) is 11.6. The molecular formula is C51H34N4S2. The van der Waals surface area contributed by atoms with E-state index in [1.165, 1.54) is 84.5 Å². The van der Waals surface area contributed by atoms with E-state index in [1.807, 2.05) is 28.7 Å². The number of fused-ring (bicyclic) bond motifs is 9. The van der Waals surface area contributed by atoms with Crippen molar-refractivity contribution in [1.29, 1.82) is 0 Å². The van der Waals surface area contributed by atoms with Gasteiger partial charge in [-0.3, -0.25) is 0 Å². The van der Waals surface area contributed by atoms with Gasteiger partial charge in [0, 0.05) is 73.8 Å². The molecule has 2 atom stereocenters. The highest BCUT2D eigenvalue weighted by molar-refractivity contribution is 7.26. The Bertz CT molecular complexity index is 3320. The zero-order chi connectivity index (χ0) is 37.5. The van der Waals surface area contributed by atoms with Crippen molar-refractivity contribution in [2.24, 2.45) is 15.9 Å². The average molecular weight is 767 g/mol. The van der Waals surface area contributed by atoms with E-state index in [2.05, 4.69) is 180 Å². The molecule has 0 fully saturated rings. The lowest BCUT2D eigenvalue weighted by atomic mass is 9.97. The van der Waals surface area contributed by atoms with Crippen LogP contribution in [0.15, 0.2) is 186 Å². The summed E-state index contributed by atoms with van der Waals surface area (Å²) in [5.41, 5.74) is 8.38. The lowest BCUT2D eigenvalue weighted by molar-refractivity contribution is 0.664. The van der Waals surface area contributed by atoms with E-state index in [1.54, 1.807) is 0 Å². The van der Waals surface area contributed by atoms with Gasteiger partial charge in [0.2, 0.25) is 0 Å². The molecule has 4 nitrogen and oxygen atoms in total. The number of rotatable bonds is 5. The van der Waals surface area contributed by atoms with Gasteiger partial charge in [-0.25, -0.2) is 9.98 Å². The zero-order valence-corrected chi connectivity index (χ0v) is 32.4. The number of amidine groups is 2. The second kappa shape index (κ2) is 13.0. The molecule has 2 aliphatic rings. The summed E-state index contributed by atoms with van der Waals surface area (Å²) in [4.78, 5) is 10.4. The number of nitrogens with zero attached hydrogens (tertiary/aromatic N) is 3. The number of allylic oxidation sites excluding steroid dienone is 3. The highest BCUT2D eigenvalue weighted by Crippen LogP contribution is 2.45. The molecule has 2 unspecified atom stereocenters. The monoisotopic (exact) mass is 766 g/mol. The fourth-order valence-electron chi connectivity index (χ4n) is 8.91. The number of hydrogen-bond donors (Lipinski definition) is 1. The number of benzene rings is 7. The summed E-state index contributed by atoms with van der Waals surface area (Å²) in [6.45, 7) is 0. The zero-order valence-electron chi connectivity index (χ0n) is 30.8. The van der Waals surface area contributed by atoms with Crippen molar-refractivity contribution < 1.29 is 0 Å². The van der Waals surface area contributed by atoms with Crippen LogP contribution in [0.3, 0.4) is 0 Å². The fraction of sp³-hybridized carbons (Fsp3) is 0.0588. The molecule has 0 spiro atoms. The maximum atomic E-state index is 5.31. The van der Waals surface area contributed by atoms with Gasteiger partial charge < -0.3 is 9.88 Å². The van der Waals surface area contributed by atoms with E-state index in [0.29, 0.717) is 0 Å². The van der Waals surface area contributed by atoms with Gasteiger partial charge in [-0.1, -0.05) is 133 Å². The van der Waals surface area contributed by atoms with Gasteiger partial charge in [0.25, 0.3) is 0 Å². The molecule has 3 aromatic heterocycles. The Kier molecular flexibility index (Phi) is 7.43. The van der Waals surface area contributed by atoms with Crippen LogP contribution in [0.2, 0.25) is 0 Å². The van der Waals surface area contributed by atoms with Gasteiger partial charge in [0.15, 0.2) is 0 Å². The Morgan fingerprint density at radius 1 is 0.579 bits per heavy atom. The van der Waals surface area contributed by atoms with E-state index in [0.717, 1.165) is 23.7 Å². The first-order valence-corrected chi connectivity index (χ1v) is 21.1. The Labute approximate surface area is 337 Å². The normalized spacial score (nSPS) is 16.9. The van der Waals surface area contributed by atoms with Crippen molar-refractivity contribution in [2.45, 2.75) is 12.6 Å². The van der Waals surface area contributed by atoms with Gasteiger partial charge in [-0.2, -0.15) is 0 Å². The number of nitrogens with one attached hydrogen (secondary N) is 1. The minimum absolute atomic E-state index is 0.146. The molecule has 12 rings (SSSR count). The summed E-state index contributed by atoms with van der Waals surface area (Å²) in [5, 5.41) is 11.4. The van der Waals surface area contributed by atoms with Crippen molar-refractivity contribution in [3.8, 4) is 16.8 Å². The topological polar surface area (TPSA) is 41.7 Å². The summed E-state index contributed by atoms with van der Waals surface area (Å²) in [5.74, 6) is 1.88. The van der Waals surface area contributed by atoms with Crippen LogP contribution in [0, 0.1) is 5.92 Å². The predicted octanol–water partition coefficient (Wildman–Crippen LogP) is 13.8. The van der Waals surface area contributed by atoms with Gasteiger partial charge >= 0.3 is 0 Å². The van der Waals surface area contributed by atoms with E-state index in [4.69, 9.17) is 9.98 Å². The minimum atomic E-state index is -0.264. The van der Waals surface area contributed by atoms with Crippen LogP contribution in [0.5, 0.6) is 0 Å². The van der Waals surface area contributed by atoms with Gasteiger partial charge in [-0.05, 0) is 60.0 Å². The number of thiophene rings is 2. The molecule has 0 amide bonds. The van der Waals surface area contributed by atoms with E-state index < -0.39 is 0 Å². The van der Waals surface area contributed by atoms with E-state index in [9.17, 15) is 0 Å². The SMILES string of the molecule is C1=CCC(C2=NC(c3cccc4sc5c(-c6ccc7c(c6)sc6ccc(-n8c9ccccc9c9ccccc98)cc67)cccc5c34)NC(c3ccccc3)=N2)C=C1. The standard InChI is InChI=1S/C51H34N4S2/c1-3-13-31(14-4-1)49-52-50(32-15-5-2-6-16-32)54-51(53-49)40-21-12-24-45-47(40)39-20-11-19-35(48(39)57-45)33-25-27-38-41-30-34(26-28-44(41)56-46(38)29-33)55-42-22-9-7-17-36(42)37-18-8-10-23-43(37)55/h1-15,17-30,32,51H,16H2,(H,52,53,54). The van der Waals surface area contributed by atoms with Crippen LogP contribution in [0.4, 0.5) is 0 Å². The number of para-hydroxylation sites is 2. The first kappa shape index (κ1) is 32.6. The predicted molar refractivity (Wildman–Crippen MR) is 245 cm³/mol. The largest absolute Gasteiger partial charge is 0.344 e. The molecule has 0 bridgehead atoms. The van der Waals surface area contributed by atoms with E-state index >= 15 is 0 Å². The Balaban J connectivity index is 0.962. The van der Waals surface area contributed by atoms with Crippen LogP contribution in [-0.4, -0.2) is 16.2 Å². The van der Waals surface area contributed by atoms with Crippen molar-refractivity contribution in [1.82, 2.24) is 9.88 Å². The average Bonchev–Trinajstić information content (AvgIpc) is 3.96. The quantitative estimate of drug-likeness (QED) is 0.186. The minimum Gasteiger partial charge on any atom is -0.344 e. The van der Waals surface area contributed by atoms with Crippen LogP contribution in [0.25, 0.3) is 79.0 Å². The first-order valence-electron chi connectivity index (χ1n) is 19.5. The highest BCUT2D eigenvalue weighted by atomic mass is 32.1. The molecule has 7 aromatic carbocycles. The molecular weight excluding hydrogens is 733 g/mol. The maximum Gasteiger partial charge on any atom is 0.148 e. The third-order valence-corrected chi connectivity index (χ3v) is 13.9. The van der Waals surface area contributed by atoms with Gasteiger partial charge in [0.1, 0.15) is 17.8 Å². The second-order valence-corrected chi connectivity index (χ2v) is 17.0. The van der Waals surface area contributed by atoms with Crippen molar-refractivity contribution in [3.63, 3.8) is 0 Å². The molecule has 6 heteroatoms. The van der Waals surface area contributed by atoms with Crippen molar-refractivity contribution >= 4 is 96.5 Å². The first-order chi connectivity index (χ1) is 28.2. The van der Waals surface area contributed by atoms with Crippen LogP contribution in [0.1, 0.15) is 23.7 Å². The molecule has 0 radical (unpaired) electrons. The summed E-state index contributed by atoms with van der Waals surface area (Å²) >= 11 is 3.75. The van der Waals surface area contributed by atoms with Crippen LogP contribution >= 0.6 is 22.7 Å². The summed E-state index contributed by atoms with van der Waals surface area (Å²) in [6, 6.07) is 55.3. The number of aromatic nitrogens is 1. The lowest BCUT2D eigenvalue weighted by Gasteiger charge is -2.26. The summed E-state index contributed by atoms with van der Waals surface area (Å²) in [6.07, 6.45) is 9.28. The maximum absolute atomic E-state index is 5.31. The molecule has 0 saturated carbocycles. The molecule has 270 valence electrons. The summed E-state index contributed by atoms with van der Waals surface area (Å²) < 4.78 is 7.57. The van der Waals surface area contributed by atoms with Crippen molar-refractivity contribution in [2.75, 3.05) is 0 Å². The molecule has 1 aliphatic heterocycles. The lowest BCUT2D eigenvalue weighted by Crippen LogP contribution is -2.35. The smallest absolute Gasteiger partial charge is 0.148 e. The Morgan fingerprint density at radius 2 is 1.37 bits per heavy atom. The number of hydrogen-bond acceptors (Lipinski definition) is 5. The van der Waals surface area contributed by atoms with Gasteiger partial charge in [0.05, 0.1) is 11.0 Å².